The Balaban J connectivity index is 1.51. The second kappa shape index (κ2) is 10.1. The van der Waals surface area contributed by atoms with Crippen molar-refractivity contribution in [3.8, 4) is 11.6 Å². The number of pyridine rings is 1. The first kappa shape index (κ1) is 27.1. The summed E-state index contributed by atoms with van der Waals surface area (Å²) in [6.07, 6.45) is 4.53. The standard InChI is InChI=1S/C24H25ClF3N3O5S/c1-15-19(21(32)30-23(2)7-9-37(33,34)10-8-23)6-4-17-3-5-18(13-31(15)17)36-22-20(11-16(25)12-29-22)35-14-24(26,27)28/h3-5,11-13H,6-10,14H2,1-2H3,(H,30,32). The van der Waals surface area contributed by atoms with Crippen LogP contribution in [0.15, 0.2) is 59.4 Å². The van der Waals surface area contributed by atoms with Gasteiger partial charge in [0.05, 0.1) is 22.7 Å². The van der Waals surface area contributed by atoms with Crippen LogP contribution in [0.5, 0.6) is 11.6 Å². The lowest BCUT2D eigenvalue weighted by atomic mass is 9.93. The maximum Gasteiger partial charge on any atom is 0.422 e. The number of halogens is 4. The van der Waals surface area contributed by atoms with Gasteiger partial charge in [-0.3, -0.25) is 4.79 Å². The SMILES string of the molecule is CC1=C(C(=O)NC2(C)CCS(=O)(=O)CC2)CC=C2C=CC(Oc3ncc(Cl)cc3OCC(F)(F)F)=CN21. The molecule has 1 fully saturated rings. The number of nitrogens with one attached hydrogen (secondary N) is 1. The smallest absolute Gasteiger partial charge is 0.422 e. The predicted molar refractivity (Wildman–Crippen MR) is 130 cm³/mol. The molecule has 1 aromatic rings. The highest BCUT2D eigenvalue weighted by Crippen LogP contribution is 2.35. The van der Waals surface area contributed by atoms with Gasteiger partial charge in [-0.1, -0.05) is 17.7 Å². The Hall–Kier alpha value is -2.99. The number of rotatable bonds is 6. The summed E-state index contributed by atoms with van der Waals surface area (Å²) in [4.78, 5) is 18.8. The fourth-order valence-electron chi connectivity index (χ4n) is 4.09. The molecule has 8 nitrogen and oxygen atoms in total. The molecule has 1 aromatic heterocycles. The molecule has 13 heteroatoms. The fraction of sp³-hybridized carbons (Fsp3) is 0.417. The van der Waals surface area contributed by atoms with E-state index in [0.29, 0.717) is 30.5 Å². The molecule has 0 aliphatic carbocycles. The number of carbonyl (C=O) groups excluding carboxylic acids is 1. The van der Waals surface area contributed by atoms with Crippen LogP contribution in [-0.2, 0) is 14.6 Å². The number of nitrogens with zero attached hydrogens (tertiary/aromatic N) is 2. The Morgan fingerprint density at radius 1 is 1.27 bits per heavy atom. The minimum absolute atomic E-state index is 0.0274. The Bertz CT molecular complexity index is 1320. The third kappa shape index (κ3) is 6.67. The number of ether oxygens (including phenoxy) is 2. The van der Waals surface area contributed by atoms with Crippen LogP contribution >= 0.6 is 11.6 Å². The zero-order valence-corrected chi connectivity index (χ0v) is 21.6. The third-order valence-corrected chi connectivity index (χ3v) is 8.14. The molecule has 1 N–H and O–H groups in total. The molecule has 200 valence electrons. The summed E-state index contributed by atoms with van der Waals surface area (Å²) in [5.41, 5.74) is 1.29. The molecule has 0 saturated carbocycles. The molecule has 37 heavy (non-hydrogen) atoms. The third-order valence-electron chi connectivity index (χ3n) is 6.28. The quantitative estimate of drug-likeness (QED) is 0.551. The van der Waals surface area contributed by atoms with Gasteiger partial charge in [0.2, 0.25) is 5.91 Å². The van der Waals surface area contributed by atoms with E-state index in [9.17, 15) is 26.4 Å². The highest BCUT2D eigenvalue weighted by molar-refractivity contribution is 7.91. The van der Waals surface area contributed by atoms with Gasteiger partial charge in [-0.15, -0.1) is 0 Å². The van der Waals surface area contributed by atoms with E-state index in [1.165, 1.54) is 12.3 Å². The van der Waals surface area contributed by atoms with Crippen molar-refractivity contribution < 1.29 is 35.9 Å². The summed E-state index contributed by atoms with van der Waals surface area (Å²) < 4.78 is 72.1. The van der Waals surface area contributed by atoms with Gasteiger partial charge in [0.15, 0.2) is 12.4 Å². The van der Waals surface area contributed by atoms with Crippen molar-refractivity contribution in [3.05, 3.63) is 64.4 Å². The predicted octanol–water partition coefficient (Wildman–Crippen LogP) is 4.41. The topological polar surface area (TPSA) is 97.8 Å². The van der Waals surface area contributed by atoms with E-state index in [1.807, 2.05) is 13.0 Å². The van der Waals surface area contributed by atoms with Gasteiger partial charge in [0, 0.05) is 34.8 Å². The summed E-state index contributed by atoms with van der Waals surface area (Å²) in [6, 6.07) is 1.18. The Labute approximate surface area is 217 Å². The van der Waals surface area contributed by atoms with Gasteiger partial charge in [0.1, 0.15) is 15.6 Å². The van der Waals surface area contributed by atoms with Crippen LogP contribution < -0.4 is 14.8 Å². The largest absolute Gasteiger partial charge is 0.478 e. The molecule has 1 saturated heterocycles. The average Bonchev–Trinajstić information content (AvgIpc) is 2.81. The lowest BCUT2D eigenvalue weighted by Gasteiger charge is -2.36. The second-order valence-electron chi connectivity index (χ2n) is 9.26. The van der Waals surface area contributed by atoms with Crippen LogP contribution in [0, 0.1) is 0 Å². The molecular weight excluding hydrogens is 535 g/mol. The summed E-state index contributed by atoms with van der Waals surface area (Å²) in [5.74, 6) is -0.460. The fourth-order valence-corrected chi connectivity index (χ4v) is 5.96. The van der Waals surface area contributed by atoms with Gasteiger partial charge in [0.25, 0.3) is 5.88 Å². The molecule has 4 rings (SSSR count). The Morgan fingerprint density at radius 3 is 2.65 bits per heavy atom. The molecule has 3 aliphatic heterocycles. The molecule has 4 heterocycles. The monoisotopic (exact) mass is 559 g/mol. The van der Waals surface area contributed by atoms with Crippen molar-refractivity contribution in [3.63, 3.8) is 0 Å². The van der Waals surface area contributed by atoms with Crippen LogP contribution in [0.2, 0.25) is 5.02 Å². The van der Waals surface area contributed by atoms with Gasteiger partial charge in [-0.05, 0) is 45.3 Å². The molecule has 1 amide bonds. The lowest BCUT2D eigenvalue weighted by Crippen LogP contribution is -2.51. The average molecular weight is 560 g/mol. The number of amides is 1. The summed E-state index contributed by atoms with van der Waals surface area (Å²) in [6.45, 7) is 2.07. The molecule has 0 unspecified atom stereocenters. The van der Waals surface area contributed by atoms with E-state index in [2.05, 4.69) is 10.3 Å². The van der Waals surface area contributed by atoms with Crippen molar-refractivity contribution >= 4 is 27.3 Å². The Morgan fingerprint density at radius 2 is 1.97 bits per heavy atom. The first-order valence-corrected chi connectivity index (χ1v) is 13.6. The van der Waals surface area contributed by atoms with E-state index in [4.69, 9.17) is 21.1 Å². The lowest BCUT2D eigenvalue weighted by molar-refractivity contribution is -0.153. The van der Waals surface area contributed by atoms with Crippen molar-refractivity contribution in [2.75, 3.05) is 18.1 Å². The molecule has 0 bridgehead atoms. The molecule has 3 aliphatic rings. The minimum Gasteiger partial charge on any atom is -0.478 e. The number of hydrogen-bond acceptors (Lipinski definition) is 7. The van der Waals surface area contributed by atoms with Gasteiger partial charge in [-0.2, -0.15) is 13.2 Å². The van der Waals surface area contributed by atoms with Crippen LogP contribution in [0.25, 0.3) is 0 Å². The number of alkyl halides is 3. The number of allylic oxidation sites excluding steroid dienone is 4. The number of fused-ring (bicyclic) bond motifs is 1. The van der Waals surface area contributed by atoms with Crippen LogP contribution in [-0.4, -0.2) is 54.0 Å². The second-order valence-corrected chi connectivity index (χ2v) is 12.0. The van der Waals surface area contributed by atoms with E-state index in [1.54, 1.807) is 30.2 Å². The minimum atomic E-state index is -4.56. The van der Waals surface area contributed by atoms with Crippen LogP contribution in [0.3, 0.4) is 0 Å². The molecule has 0 aromatic carbocycles. The van der Waals surface area contributed by atoms with Crippen LogP contribution in [0.1, 0.15) is 33.1 Å². The zero-order chi connectivity index (χ0) is 27.0. The zero-order valence-electron chi connectivity index (χ0n) is 20.1. The summed E-state index contributed by atoms with van der Waals surface area (Å²) >= 11 is 5.86. The van der Waals surface area contributed by atoms with Crippen molar-refractivity contribution in [2.24, 2.45) is 0 Å². The number of aromatic nitrogens is 1. The van der Waals surface area contributed by atoms with Gasteiger partial charge >= 0.3 is 6.18 Å². The molecule has 0 spiro atoms. The van der Waals surface area contributed by atoms with Crippen molar-refractivity contribution in [2.45, 2.75) is 44.8 Å². The van der Waals surface area contributed by atoms with Crippen LogP contribution in [0.4, 0.5) is 13.2 Å². The Kier molecular flexibility index (Phi) is 7.35. The number of carbonyl (C=O) groups is 1. The maximum atomic E-state index is 13.1. The first-order valence-electron chi connectivity index (χ1n) is 11.4. The van der Waals surface area contributed by atoms with E-state index in [-0.39, 0.29) is 39.8 Å². The van der Waals surface area contributed by atoms with E-state index in [0.717, 1.165) is 5.70 Å². The van der Waals surface area contributed by atoms with Gasteiger partial charge in [-0.25, -0.2) is 13.4 Å². The maximum absolute atomic E-state index is 13.1. The number of sulfone groups is 1. The van der Waals surface area contributed by atoms with Crippen molar-refractivity contribution in [1.29, 1.82) is 0 Å². The summed E-state index contributed by atoms with van der Waals surface area (Å²) in [5, 5.41) is 3.08. The highest BCUT2D eigenvalue weighted by Gasteiger charge is 2.36. The molecule has 0 atom stereocenters. The van der Waals surface area contributed by atoms with Crippen molar-refractivity contribution in [1.82, 2.24) is 15.2 Å². The molecule has 0 radical (unpaired) electrons. The molecular formula is C24H25ClF3N3O5S. The van der Waals surface area contributed by atoms with E-state index >= 15 is 0 Å². The number of hydrogen-bond donors (Lipinski definition) is 1. The first-order chi connectivity index (χ1) is 17.2. The van der Waals surface area contributed by atoms with Gasteiger partial charge < -0.3 is 19.7 Å². The van der Waals surface area contributed by atoms with E-state index < -0.39 is 28.2 Å². The summed E-state index contributed by atoms with van der Waals surface area (Å²) in [7, 11) is -3.08. The highest BCUT2D eigenvalue weighted by atomic mass is 35.5. The normalized spacial score (nSPS) is 20.5.